The van der Waals surface area contributed by atoms with Crippen LogP contribution in [0.4, 0.5) is 0 Å². The summed E-state index contributed by atoms with van der Waals surface area (Å²) < 4.78 is 0. The molecule has 21 heavy (non-hydrogen) atoms. The van der Waals surface area contributed by atoms with Gasteiger partial charge in [-0.05, 0) is 43.9 Å². The molecule has 0 aromatic rings. The summed E-state index contributed by atoms with van der Waals surface area (Å²) in [6, 6.07) is 0.274. The number of thiocarbonyl (C=S) groups is 1. The molecule has 0 spiro atoms. The molecule has 1 amide bonds. The standard InChI is InChI=1S/C17H32N2OS/c1-5-9-17(10-6-2,15(18)21)16(20)19-14-8-7-12(3)11-13(14)4/h12-14H,5-11H2,1-4H3,(H2,18,21)(H,19,20). The molecule has 4 heteroatoms. The highest BCUT2D eigenvalue weighted by Crippen LogP contribution is 2.33. The Bertz CT molecular complexity index is 364. The topological polar surface area (TPSA) is 55.1 Å². The Balaban J connectivity index is 2.83. The van der Waals surface area contributed by atoms with Gasteiger partial charge in [0, 0.05) is 6.04 Å². The summed E-state index contributed by atoms with van der Waals surface area (Å²) in [7, 11) is 0. The van der Waals surface area contributed by atoms with Gasteiger partial charge in [0.05, 0.1) is 10.4 Å². The smallest absolute Gasteiger partial charge is 0.233 e. The van der Waals surface area contributed by atoms with Crippen LogP contribution in [-0.2, 0) is 4.79 Å². The fourth-order valence-corrected chi connectivity index (χ4v) is 4.05. The molecule has 1 rings (SSSR count). The first kappa shape index (κ1) is 18.4. The lowest BCUT2D eigenvalue weighted by Gasteiger charge is -2.37. The van der Waals surface area contributed by atoms with Gasteiger partial charge in [0.15, 0.2) is 0 Å². The van der Waals surface area contributed by atoms with Crippen molar-refractivity contribution in [2.75, 3.05) is 0 Å². The van der Waals surface area contributed by atoms with Gasteiger partial charge in [-0.1, -0.05) is 52.8 Å². The molecule has 1 saturated carbocycles. The summed E-state index contributed by atoms with van der Waals surface area (Å²) in [6.07, 6.45) is 6.78. The second kappa shape index (κ2) is 8.11. The van der Waals surface area contributed by atoms with E-state index in [9.17, 15) is 4.79 Å². The van der Waals surface area contributed by atoms with E-state index in [1.54, 1.807) is 0 Å². The molecule has 0 radical (unpaired) electrons. The number of carbonyl (C=O) groups is 1. The summed E-state index contributed by atoms with van der Waals surface area (Å²) in [5, 5.41) is 3.27. The summed E-state index contributed by atoms with van der Waals surface area (Å²) >= 11 is 5.27. The minimum Gasteiger partial charge on any atom is -0.392 e. The van der Waals surface area contributed by atoms with Crippen LogP contribution in [0, 0.1) is 17.3 Å². The van der Waals surface area contributed by atoms with Gasteiger partial charge in [0.25, 0.3) is 0 Å². The zero-order valence-corrected chi connectivity index (χ0v) is 14.9. The van der Waals surface area contributed by atoms with E-state index in [4.69, 9.17) is 18.0 Å². The first-order valence-corrected chi connectivity index (χ1v) is 8.89. The van der Waals surface area contributed by atoms with Crippen molar-refractivity contribution in [2.45, 2.75) is 78.7 Å². The molecule has 0 aliphatic heterocycles. The molecule has 0 bridgehead atoms. The van der Waals surface area contributed by atoms with Crippen molar-refractivity contribution in [1.29, 1.82) is 0 Å². The first-order chi connectivity index (χ1) is 9.87. The van der Waals surface area contributed by atoms with E-state index in [-0.39, 0.29) is 11.9 Å². The molecular weight excluding hydrogens is 280 g/mol. The van der Waals surface area contributed by atoms with Crippen LogP contribution in [0.1, 0.15) is 72.6 Å². The van der Waals surface area contributed by atoms with Crippen molar-refractivity contribution >= 4 is 23.1 Å². The largest absolute Gasteiger partial charge is 0.392 e. The van der Waals surface area contributed by atoms with Gasteiger partial charge in [0.2, 0.25) is 5.91 Å². The molecule has 1 fully saturated rings. The van der Waals surface area contributed by atoms with Gasteiger partial charge in [-0.2, -0.15) is 0 Å². The highest BCUT2D eigenvalue weighted by Gasteiger charge is 2.41. The second-order valence-electron chi connectivity index (χ2n) is 6.92. The molecule has 0 aromatic heterocycles. The molecule has 0 saturated heterocycles. The van der Waals surface area contributed by atoms with Crippen LogP contribution in [0.15, 0.2) is 0 Å². The fourth-order valence-electron chi connectivity index (χ4n) is 3.75. The minimum atomic E-state index is -0.651. The summed E-state index contributed by atoms with van der Waals surface area (Å²) in [5.74, 6) is 1.36. The predicted octanol–water partition coefficient (Wildman–Crippen LogP) is 3.80. The normalized spacial score (nSPS) is 26.4. The molecule has 3 unspecified atom stereocenters. The van der Waals surface area contributed by atoms with E-state index in [2.05, 4.69) is 33.0 Å². The SMILES string of the molecule is CCCC(CCC)(C(=O)NC1CCC(C)CC1C)C(N)=S. The van der Waals surface area contributed by atoms with E-state index in [0.717, 1.165) is 38.0 Å². The van der Waals surface area contributed by atoms with Crippen molar-refractivity contribution in [3.63, 3.8) is 0 Å². The quantitative estimate of drug-likeness (QED) is 0.703. The molecule has 3 N–H and O–H groups in total. The number of nitrogens with two attached hydrogens (primary N) is 1. The molecular formula is C17H32N2OS. The lowest BCUT2D eigenvalue weighted by atomic mass is 9.76. The molecule has 1 aliphatic carbocycles. The highest BCUT2D eigenvalue weighted by atomic mass is 32.1. The maximum atomic E-state index is 12.9. The lowest BCUT2D eigenvalue weighted by Crippen LogP contribution is -2.53. The molecule has 0 heterocycles. The van der Waals surface area contributed by atoms with Crippen LogP contribution in [0.2, 0.25) is 0 Å². The molecule has 1 aliphatic rings. The van der Waals surface area contributed by atoms with Crippen molar-refractivity contribution in [2.24, 2.45) is 23.0 Å². The van der Waals surface area contributed by atoms with Crippen molar-refractivity contribution in [1.82, 2.24) is 5.32 Å². The van der Waals surface area contributed by atoms with Crippen molar-refractivity contribution in [3.05, 3.63) is 0 Å². The number of nitrogens with one attached hydrogen (secondary N) is 1. The van der Waals surface area contributed by atoms with Crippen molar-refractivity contribution < 1.29 is 4.79 Å². The molecule has 3 nitrogen and oxygen atoms in total. The number of amides is 1. The molecule has 0 aromatic carbocycles. The third-order valence-corrected chi connectivity index (χ3v) is 5.40. The monoisotopic (exact) mass is 312 g/mol. The highest BCUT2D eigenvalue weighted by molar-refractivity contribution is 7.80. The van der Waals surface area contributed by atoms with Crippen LogP contribution in [0.25, 0.3) is 0 Å². The van der Waals surface area contributed by atoms with E-state index in [1.165, 1.54) is 12.8 Å². The summed E-state index contributed by atoms with van der Waals surface area (Å²) in [4.78, 5) is 13.3. The van der Waals surface area contributed by atoms with Crippen molar-refractivity contribution in [3.8, 4) is 0 Å². The zero-order chi connectivity index (χ0) is 16.0. The average Bonchev–Trinajstić information content (AvgIpc) is 2.41. The van der Waals surface area contributed by atoms with Gasteiger partial charge in [-0.3, -0.25) is 4.79 Å². The Morgan fingerprint density at radius 2 is 1.81 bits per heavy atom. The summed E-state index contributed by atoms with van der Waals surface area (Å²) in [6.45, 7) is 8.70. The van der Waals surface area contributed by atoms with Crippen LogP contribution < -0.4 is 11.1 Å². The van der Waals surface area contributed by atoms with E-state index >= 15 is 0 Å². The zero-order valence-electron chi connectivity index (χ0n) is 14.1. The Labute approximate surface area is 135 Å². The molecule has 3 atom stereocenters. The van der Waals surface area contributed by atoms with E-state index in [0.29, 0.717) is 10.9 Å². The Kier molecular flexibility index (Phi) is 7.11. The fraction of sp³-hybridized carbons (Fsp3) is 0.882. The average molecular weight is 313 g/mol. The Morgan fingerprint density at radius 1 is 1.24 bits per heavy atom. The van der Waals surface area contributed by atoms with Gasteiger partial charge < -0.3 is 11.1 Å². The Morgan fingerprint density at radius 3 is 2.24 bits per heavy atom. The van der Waals surface area contributed by atoms with Gasteiger partial charge in [0.1, 0.15) is 0 Å². The third-order valence-electron chi connectivity index (χ3n) is 5.01. The van der Waals surface area contributed by atoms with Gasteiger partial charge in [-0.25, -0.2) is 0 Å². The molecule has 122 valence electrons. The van der Waals surface area contributed by atoms with E-state index < -0.39 is 5.41 Å². The number of hydrogen-bond donors (Lipinski definition) is 2. The maximum Gasteiger partial charge on any atom is 0.233 e. The minimum absolute atomic E-state index is 0.0603. The summed E-state index contributed by atoms with van der Waals surface area (Å²) in [5.41, 5.74) is 5.33. The van der Waals surface area contributed by atoms with Gasteiger partial charge in [-0.15, -0.1) is 0 Å². The number of rotatable bonds is 7. The second-order valence-corrected chi connectivity index (χ2v) is 7.36. The maximum absolute atomic E-state index is 12.9. The lowest BCUT2D eigenvalue weighted by molar-refractivity contribution is -0.129. The predicted molar refractivity (Wildman–Crippen MR) is 93.1 cm³/mol. The van der Waals surface area contributed by atoms with E-state index in [1.807, 2.05) is 0 Å². The number of carbonyl (C=O) groups excluding carboxylic acids is 1. The van der Waals surface area contributed by atoms with Crippen LogP contribution in [0.3, 0.4) is 0 Å². The van der Waals surface area contributed by atoms with Gasteiger partial charge >= 0.3 is 0 Å². The Hall–Kier alpha value is -0.640. The van der Waals surface area contributed by atoms with Crippen LogP contribution in [0.5, 0.6) is 0 Å². The van der Waals surface area contributed by atoms with Crippen LogP contribution in [-0.4, -0.2) is 16.9 Å². The van der Waals surface area contributed by atoms with Crippen LogP contribution >= 0.6 is 12.2 Å². The number of hydrogen-bond acceptors (Lipinski definition) is 2. The third kappa shape index (κ3) is 4.41. The first-order valence-electron chi connectivity index (χ1n) is 8.48.